The maximum atomic E-state index is 12.6. The molecule has 9 heteroatoms. The van der Waals surface area contributed by atoms with E-state index in [0.29, 0.717) is 20.6 Å². The minimum atomic E-state index is -1.81. The summed E-state index contributed by atoms with van der Waals surface area (Å²) < 4.78 is -1.18. The van der Waals surface area contributed by atoms with Crippen LogP contribution in [-0.2, 0) is 12.8 Å². The van der Waals surface area contributed by atoms with E-state index in [9.17, 15) is 10.1 Å². The van der Waals surface area contributed by atoms with Crippen molar-refractivity contribution >= 4 is 73.0 Å². The predicted octanol–water partition coefficient (Wildman–Crippen LogP) is 5.80. The lowest BCUT2D eigenvalue weighted by atomic mass is 9.96. The molecule has 0 aliphatic heterocycles. The smallest absolute Gasteiger partial charge is 0.254 e. The fourth-order valence-electron chi connectivity index (χ4n) is 2.97. The van der Waals surface area contributed by atoms with Crippen molar-refractivity contribution in [2.75, 3.05) is 5.32 Å². The van der Waals surface area contributed by atoms with E-state index in [1.54, 1.807) is 24.3 Å². The Morgan fingerprint density at radius 3 is 2.63 bits per heavy atom. The van der Waals surface area contributed by atoms with Crippen LogP contribution in [0.3, 0.4) is 0 Å². The molecule has 2 aromatic rings. The number of benzene rings is 1. The Balaban J connectivity index is 1.87. The highest BCUT2D eigenvalue weighted by Crippen LogP contribution is 2.40. The van der Waals surface area contributed by atoms with E-state index in [-0.39, 0.29) is 0 Å². The Bertz CT molecular complexity index is 904. The van der Waals surface area contributed by atoms with E-state index in [0.717, 1.165) is 31.2 Å². The molecule has 0 saturated carbocycles. The van der Waals surface area contributed by atoms with Crippen LogP contribution in [0.5, 0.6) is 0 Å². The fraction of sp³-hybridized carbons (Fsp3) is 0.333. The second-order valence-corrected chi connectivity index (χ2v) is 10.4. The van der Waals surface area contributed by atoms with Crippen LogP contribution in [0.4, 0.5) is 5.00 Å². The molecule has 1 heterocycles. The van der Waals surface area contributed by atoms with Gasteiger partial charge in [-0.15, -0.1) is 11.3 Å². The van der Waals surface area contributed by atoms with Gasteiger partial charge in [0.15, 0.2) is 0 Å². The number of rotatable bonds is 4. The van der Waals surface area contributed by atoms with Crippen molar-refractivity contribution in [1.29, 1.82) is 5.26 Å². The predicted molar refractivity (Wildman–Crippen MR) is 115 cm³/mol. The van der Waals surface area contributed by atoms with E-state index in [4.69, 9.17) is 34.8 Å². The Kier molecular flexibility index (Phi) is 6.60. The highest BCUT2D eigenvalue weighted by atomic mass is 79.9. The van der Waals surface area contributed by atoms with Crippen molar-refractivity contribution in [3.63, 3.8) is 0 Å². The van der Waals surface area contributed by atoms with Gasteiger partial charge < -0.3 is 10.6 Å². The van der Waals surface area contributed by atoms with Gasteiger partial charge in [0.1, 0.15) is 17.2 Å². The quantitative estimate of drug-likeness (QED) is 0.406. The third-order valence-electron chi connectivity index (χ3n) is 4.28. The molecule has 1 aliphatic carbocycles. The number of amides is 1. The van der Waals surface area contributed by atoms with Crippen LogP contribution in [0, 0.1) is 11.3 Å². The fourth-order valence-corrected chi connectivity index (χ4v) is 5.03. The molecule has 0 spiro atoms. The van der Waals surface area contributed by atoms with Crippen LogP contribution >= 0.6 is 62.1 Å². The average molecular weight is 508 g/mol. The molecule has 1 aliphatic rings. The van der Waals surface area contributed by atoms with E-state index >= 15 is 0 Å². The number of fused-ring (bicyclic) bond motifs is 1. The minimum Gasteiger partial charge on any atom is -0.352 e. The minimum absolute atomic E-state index is 0.397. The van der Waals surface area contributed by atoms with Gasteiger partial charge in [0.25, 0.3) is 5.91 Å². The van der Waals surface area contributed by atoms with E-state index in [2.05, 4.69) is 32.6 Å². The van der Waals surface area contributed by atoms with Crippen LogP contribution in [0.25, 0.3) is 0 Å². The van der Waals surface area contributed by atoms with Crippen LogP contribution in [-0.4, -0.2) is 15.9 Å². The molecule has 1 amide bonds. The first-order chi connectivity index (χ1) is 12.8. The monoisotopic (exact) mass is 505 g/mol. The molecule has 0 radical (unpaired) electrons. The van der Waals surface area contributed by atoms with Crippen LogP contribution in [0.2, 0.25) is 0 Å². The number of carbonyl (C=O) groups excluding carboxylic acids is 1. The summed E-state index contributed by atoms with van der Waals surface area (Å²) in [7, 11) is 0. The van der Waals surface area contributed by atoms with E-state index in [1.165, 1.54) is 16.2 Å². The molecule has 0 saturated heterocycles. The molecule has 1 unspecified atom stereocenters. The molecule has 2 N–H and O–H groups in total. The largest absolute Gasteiger partial charge is 0.352 e. The molecule has 1 aromatic heterocycles. The number of thiophene rings is 1. The van der Waals surface area contributed by atoms with Crippen molar-refractivity contribution in [2.24, 2.45) is 0 Å². The number of nitrogens with zero attached hydrogens (tertiary/aromatic N) is 1. The highest BCUT2D eigenvalue weighted by molar-refractivity contribution is 9.10. The summed E-state index contributed by atoms with van der Waals surface area (Å²) in [6, 6.07) is 9.23. The summed E-state index contributed by atoms with van der Waals surface area (Å²) >= 11 is 23.1. The Labute approximate surface area is 184 Å². The number of hydrogen-bond acceptors (Lipinski definition) is 4. The summed E-state index contributed by atoms with van der Waals surface area (Å²) in [5, 5.41) is 16.0. The summed E-state index contributed by atoms with van der Waals surface area (Å²) in [6.07, 6.45) is 2.97. The summed E-state index contributed by atoms with van der Waals surface area (Å²) in [6.45, 7) is 0. The van der Waals surface area contributed by atoms with E-state index in [1.807, 2.05) is 0 Å². The first-order valence-corrected chi connectivity index (χ1v) is 11.0. The first-order valence-electron chi connectivity index (χ1n) is 8.24. The van der Waals surface area contributed by atoms with Crippen LogP contribution in [0.1, 0.15) is 39.2 Å². The van der Waals surface area contributed by atoms with Crippen molar-refractivity contribution in [3.8, 4) is 6.07 Å². The number of aryl methyl sites for hydroxylation is 1. The SMILES string of the molecule is N#Cc1c(NC(NC(=O)c2ccccc2Br)C(Cl)(Cl)Cl)sc2c1CCCC2. The van der Waals surface area contributed by atoms with Gasteiger partial charge in [-0.2, -0.15) is 5.26 Å². The van der Waals surface area contributed by atoms with Crippen molar-refractivity contribution < 1.29 is 4.79 Å². The lowest BCUT2D eigenvalue weighted by Crippen LogP contribution is -2.49. The Morgan fingerprint density at radius 2 is 1.96 bits per heavy atom. The number of hydrogen-bond donors (Lipinski definition) is 2. The second-order valence-electron chi connectivity index (χ2n) is 6.10. The second kappa shape index (κ2) is 8.59. The average Bonchev–Trinajstić information content (AvgIpc) is 2.97. The molecule has 3 rings (SSSR count). The van der Waals surface area contributed by atoms with Crippen molar-refractivity contribution in [2.45, 2.75) is 35.6 Å². The molecular formula is C18H15BrCl3N3OS. The van der Waals surface area contributed by atoms with Gasteiger partial charge in [-0.3, -0.25) is 4.79 Å². The van der Waals surface area contributed by atoms with Gasteiger partial charge in [-0.1, -0.05) is 46.9 Å². The zero-order chi connectivity index (χ0) is 19.6. The zero-order valence-electron chi connectivity index (χ0n) is 14.0. The number of alkyl halides is 3. The van der Waals surface area contributed by atoms with Gasteiger partial charge in [0, 0.05) is 9.35 Å². The topological polar surface area (TPSA) is 64.9 Å². The number of anilines is 1. The van der Waals surface area contributed by atoms with E-state index < -0.39 is 15.9 Å². The van der Waals surface area contributed by atoms with Gasteiger partial charge in [-0.05, 0) is 59.3 Å². The van der Waals surface area contributed by atoms with Crippen molar-refractivity contribution in [3.05, 3.63) is 50.3 Å². The Morgan fingerprint density at radius 1 is 1.26 bits per heavy atom. The van der Waals surface area contributed by atoms with Gasteiger partial charge >= 0.3 is 0 Å². The van der Waals surface area contributed by atoms with Gasteiger partial charge in [0.2, 0.25) is 3.79 Å². The Hall–Kier alpha value is -0.970. The summed E-state index contributed by atoms with van der Waals surface area (Å²) in [4.78, 5) is 13.8. The zero-order valence-corrected chi connectivity index (χ0v) is 18.7. The summed E-state index contributed by atoms with van der Waals surface area (Å²) in [5.41, 5.74) is 2.06. The molecular weight excluding hydrogens is 493 g/mol. The summed E-state index contributed by atoms with van der Waals surface area (Å²) in [5.74, 6) is -0.397. The molecule has 1 atom stereocenters. The number of nitrogens with one attached hydrogen (secondary N) is 2. The molecule has 27 heavy (non-hydrogen) atoms. The van der Waals surface area contributed by atoms with Gasteiger partial charge in [-0.25, -0.2) is 0 Å². The number of carbonyl (C=O) groups is 1. The molecule has 142 valence electrons. The van der Waals surface area contributed by atoms with Crippen LogP contribution < -0.4 is 10.6 Å². The lowest BCUT2D eigenvalue weighted by Gasteiger charge is -2.27. The number of nitriles is 1. The molecule has 0 bridgehead atoms. The third-order valence-corrected chi connectivity index (χ3v) is 6.85. The molecule has 0 fully saturated rings. The number of halogens is 4. The van der Waals surface area contributed by atoms with Crippen LogP contribution in [0.15, 0.2) is 28.7 Å². The highest BCUT2D eigenvalue weighted by Gasteiger charge is 2.36. The standard InChI is InChI=1S/C18H15BrCl3N3OS/c19-13-7-3-1-6-11(13)15(26)24-17(18(20,21)22)25-16-12(9-23)10-5-2-4-8-14(10)27-16/h1,3,6-7,17,25H,2,4-5,8H2,(H,24,26). The maximum absolute atomic E-state index is 12.6. The first kappa shape index (κ1) is 20.8. The normalized spacial score (nSPS) is 14.8. The molecule has 1 aromatic carbocycles. The lowest BCUT2D eigenvalue weighted by molar-refractivity contribution is 0.0941. The molecule has 4 nitrogen and oxygen atoms in total. The third kappa shape index (κ3) is 4.72. The van der Waals surface area contributed by atoms with Gasteiger partial charge in [0.05, 0.1) is 11.1 Å². The van der Waals surface area contributed by atoms with Crippen molar-refractivity contribution in [1.82, 2.24) is 5.32 Å². The maximum Gasteiger partial charge on any atom is 0.254 e.